The summed E-state index contributed by atoms with van der Waals surface area (Å²) in [6.45, 7) is 0.923. The molecule has 0 aromatic rings. The molecule has 166 valence electrons. The summed E-state index contributed by atoms with van der Waals surface area (Å²) in [7, 11) is 0. The second-order valence-electron chi connectivity index (χ2n) is 6.43. The van der Waals surface area contributed by atoms with Crippen molar-refractivity contribution in [2.45, 2.75) is 56.8 Å². The molecule has 0 rings (SSSR count). The topological polar surface area (TPSA) is 240 Å². The van der Waals surface area contributed by atoms with Crippen molar-refractivity contribution in [3.05, 3.63) is 0 Å². The zero-order valence-electron chi connectivity index (χ0n) is 16.2. The Morgan fingerprint density at radius 1 is 0.931 bits per heavy atom. The zero-order chi connectivity index (χ0) is 22.6. The third-order valence-electron chi connectivity index (χ3n) is 3.88. The predicted molar refractivity (Wildman–Crippen MR) is 101 cm³/mol. The molecule has 0 heterocycles. The van der Waals surface area contributed by atoms with Crippen molar-refractivity contribution < 1.29 is 34.2 Å². The van der Waals surface area contributed by atoms with Gasteiger partial charge in [-0.05, 0) is 32.7 Å². The Balaban J connectivity index is 5.30. The maximum atomic E-state index is 12.5. The number of rotatable bonds is 14. The van der Waals surface area contributed by atoms with Crippen molar-refractivity contribution in [2.75, 3.05) is 13.2 Å². The molecule has 0 aliphatic carbocycles. The highest BCUT2D eigenvalue weighted by Crippen LogP contribution is 2.04. The quantitative estimate of drug-likeness (QED) is 0.128. The fraction of sp³-hybridized carbons (Fsp3) is 0.688. The van der Waals surface area contributed by atoms with Gasteiger partial charge in [-0.1, -0.05) is 0 Å². The first-order chi connectivity index (χ1) is 13.5. The lowest BCUT2D eigenvalue weighted by Crippen LogP contribution is -2.57. The van der Waals surface area contributed by atoms with Crippen LogP contribution < -0.4 is 33.2 Å². The van der Waals surface area contributed by atoms with Crippen LogP contribution in [-0.4, -0.2) is 77.1 Å². The summed E-state index contributed by atoms with van der Waals surface area (Å²) in [5.74, 6) is -4.69. The summed E-state index contributed by atoms with van der Waals surface area (Å²) >= 11 is 0. The molecule has 0 aliphatic rings. The third kappa shape index (κ3) is 10.4. The molecule has 4 amide bonds. The molecule has 11 N–H and O–H groups in total. The van der Waals surface area contributed by atoms with Gasteiger partial charge >= 0.3 is 5.97 Å². The smallest absolute Gasteiger partial charge is 0.325 e. The van der Waals surface area contributed by atoms with Gasteiger partial charge in [-0.15, -0.1) is 0 Å². The number of hydrogen-bond acceptors (Lipinski definition) is 8. The van der Waals surface area contributed by atoms with E-state index in [4.69, 9.17) is 27.4 Å². The average Bonchev–Trinajstić information content (AvgIpc) is 2.65. The number of nitrogens with one attached hydrogen (secondary N) is 3. The second-order valence-corrected chi connectivity index (χ2v) is 6.43. The molecule has 0 saturated heterocycles. The Morgan fingerprint density at radius 3 is 1.97 bits per heavy atom. The number of unbranched alkanes of at least 4 members (excludes halogenated alkanes) is 1. The van der Waals surface area contributed by atoms with E-state index in [-0.39, 0.29) is 6.42 Å². The normalized spacial score (nSPS) is 14.8. The van der Waals surface area contributed by atoms with Crippen LogP contribution in [0.3, 0.4) is 0 Å². The molecule has 0 aliphatic heterocycles. The van der Waals surface area contributed by atoms with E-state index in [0.29, 0.717) is 19.4 Å². The highest BCUT2D eigenvalue weighted by molar-refractivity contribution is 5.96. The number of amides is 4. The van der Waals surface area contributed by atoms with E-state index in [0.717, 1.165) is 0 Å². The average molecular weight is 418 g/mol. The number of carbonyl (C=O) groups is 5. The molecule has 13 heteroatoms. The summed E-state index contributed by atoms with van der Waals surface area (Å²) in [4.78, 5) is 58.9. The van der Waals surface area contributed by atoms with Crippen LogP contribution in [-0.2, 0) is 24.0 Å². The van der Waals surface area contributed by atoms with E-state index in [1.165, 1.54) is 6.92 Å². The summed E-state index contributed by atoms with van der Waals surface area (Å²) in [5, 5.41) is 24.6. The number of nitrogens with two attached hydrogens (primary N) is 3. The van der Waals surface area contributed by atoms with Crippen LogP contribution in [0, 0.1) is 0 Å². The fourth-order valence-electron chi connectivity index (χ4n) is 2.18. The van der Waals surface area contributed by atoms with Crippen LogP contribution in [0.25, 0.3) is 0 Å². The minimum atomic E-state index is -1.43. The number of aliphatic hydroxyl groups excluding tert-OH is 1. The van der Waals surface area contributed by atoms with Gasteiger partial charge in [0.15, 0.2) is 0 Å². The van der Waals surface area contributed by atoms with Crippen molar-refractivity contribution in [1.29, 1.82) is 0 Å². The minimum absolute atomic E-state index is 0.147. The van der Waals surface area contributed by atoms with Gasteiger partial charge in [-0.25, -0.2) is 0 Å². The Kier molecular flexibility index (Phi) is 12.1. The Bertz CT molecular complexity index is 600. The molecule has 4 atom stereocenters. The van der Waals surface area contributed by atoms with E-state index in [1.807, 2.05) is 0 Å². The number of hydrogen-bond donors (Lipinski definition) is 8. The molecular formula is C16H30N6O7. The molecule has 13 nitrogen and oxygen atoms in total. The molecule has 4 unspecified atom stereocenters. The molecule has 0 aromatic heterocycles. The third-order valence-corrected chi connectivity index (χ3v) is 3.88. The van der Waals surface area contributed by atoms with E-state index in [9.17, 15) is 24.0 Å². The van der Waals surface area contributed by atoms with Gasteiger partial charge in [0.1, 0.15) is 24.2 Å². The van der Waals surface area contributed by atoms with Crippen molar-refractivity contribution in [2.24, 2.45) is 17.2 Å². The van der Waals surface area contributed by atoms with E-state index in [1.54, 1.807) is 0 Å². The SMILES string of the molecule is CC(NC(=O)C(CCCCN)NC(=O)C(CC(N)=O)NC(=O)C(N)CO)C(=O)O. The summed E-state index contributed by atoms with van der Waals surface area (Å²) in [5.41, 5.74) is 15.9. The first kappa shape index (κ1) is 26.2. The number of carbonyl (C=O) groups excluding carboxylic acids is 4. The lowest BCUT2D eigenvalue weighted by molar-refractivity contribution is -0.142. The lowest BCUT2D eigenvalue weighted by atomic mass is 10.1. The minimum Gasteiger partial charge on any atom is -0.480 e. The monoisotopic (exact) mass is 418 g/mol. The first-order valence-corrected chi connectivity index (χ1v) is 9.02. The molecule has 0 radical (unpaired) electrons. The van der Waals surface area contributed by atoms with Gasteiger partial charge in [0.2, 0.25) is 23.6 Å². The first-order valence-electron chi connectivity index (χ1n) is 9.02. The van der Waals surface area contributed by atoms with Crippen LogP contribution in [0.1, 0.15) is 32.6 Å². The number of carboxylic acids is 1. The van der Waals surface area contributed by atoms with Crippen molar-refractivity contribution in [3.63, 3.8) is 0 Å². The van der Waals surface area contributed by atoms with Gasteiger partial charge < -0.3 is 43.4 Å². The number of carboxylic acid groups (broad SMARTS) is 1. The van der Waals surface area contributed by atoms with Crippen molar-refractivity contribution >= 4 is 29.6 Å². The summed E-state index contributed by atoms with van der Waals surface area (Å²) in [6, 6.07) is -5.08. The molecule has 0 spiro atoms. The van der Waals surface area contributed by atoms with Crippen LogP contribution in [0.4, 0.5) is 0 Å². The Hall–Kier alpha value is -2.77. The standard InChI is InChI=1S/C16H30N6O7/c1-8(16(28)29)20-14(26)10(4-2-3-5-17)21-15(27)11(6-12(19)24)22-13(25)9(18)7-23/h8-11,23H,2-7,17-18H2,1H3,(H2,19,24)(H,20,26)(H,21,27)(H,22,25)(H,28,29). The van der Waals surface area contributed by atoms with E-state index >= 15 is 0 Å². The fourth-order valence-corrected chi connectivity index (χ4v) is 2.18. The maximum absolute atomic E-state index is 12.5. The lowest BCUT2D eigenvalue weighted by Gasteiger charge is -2.24. The summed E-state index contributed by atoms with van der Waals surface area (Å²) in [6.07, 6.45) is 0.590. The number of aliphatic carboxylic acids is 1. The van der Waals surface area contributed by atoms with E-state index in [2.05, 4.69) is 16.0 Å². The Morgan fingerprint density at radius 2 is 1.48 bits per heavy atom. The van der Waals surface area contributed by atoms with Crippen LogP contribution in [0.5, 0.6) is 0 Å². The highest BCUT2D eigenvalue weighted by Gasteiger charge is 2.30. The largest absolute Gasteiger partial charge is 0.480 e. The van der Waals surface area contributed by atoms with Crippen LogP contribution in [0.15, 0.2) is 0 Å². The molecule has 29 heavy (non-hydrogen) atoms. The van der Waals surface area contributed by atoms with Crippen LogP contribution in [0.2, 0.25) is 0 Å². The van der Waals surface area contributed by atoms with Gasteiger partial charge in [-0.3, -0.25) is 24.0 Å². The maximum Gasteiger partial charge on any atom is 0.325 e. The predicted octanol–water partition coefficient (Wildman–Crippen LogP) is -4.13. The van der Waals surface area contributed by atoms with Crippen molar-refractivity contribution in [3.8, 4) is 0 Å². The van der Waals surface area contributed by atoms with E-state index < -0.39 is 66.8 Å². The number of primary amides is 1. The highest BCUT2D eigenvalue weighted by atomic mass is 16.4. The molecule has 0 fully saturated rings. The molecule has 0 bridgehead atoms. The number of aliphatic hydroxyl groups is 1. The van der Waals surface area contributed by atoms with Crippen LogP contribution >= 0.6 is 0 Å². The molecule has 0 saturated carbocycles. The second kappa shape index (κ2) is 13.4. The summed E-state index contributed by atoms with van der Waals surface area (Å²) < 4.78 is 0. The van der Waals surface area contributed by atoms with Gasteiger partial charge in [0.05, 0.1) is 13.0 Å². The Labute approximate surface area is 167 Å². The molecule has 0 aromatic carbocycles. The van der Waals surface area contributed by atoms with Gasteiger partial charge in [0.25, 0.3) is 0 Å². The van der Waals surface area contributed by atoms with Gasteiger partial charge in [0, 0.05) is 0 Å². The molecular weight excluding hydrogens is 388 g/mol. The van der Waals surface area contributed by atoms with Gasteiger partial charge in [-0.2, -0.15) is 0 Å². The van der Waals surface area contributed by atoms with Crippen molar-refractivity contribution in [1.82, 2.24) is 16.0 Å². The zero-order valence-corrected chi connectivity index (χ0v) is 16.2.